The molecule has 3 nitrogen and oxygen atoms in total. The third-order valence-corrected chi connectivity index (χ3v) is 4.84. The Hall–Kier alpha value is -0.580. The van der Waals surface area contributed by atoms with Gasteiger partial charge in [-0.25, -0.2) is 5.01 Å². The zero-order valence-corrected chi connectivity index (χ0v) is 13.5. The van der Waals surface area contributed by atoms with Gasteiger partial charge in [-0.15, -0.1) is 0 Å². The number of piperidine rings is 1. The molecule has 0 radical (unpaired) electrons. The number of hydrogen-bond acceptors (Lipinski definition) is 2. The van der Waals surface area contributed by atoms with Crippen molar-refractivity contribution in [1.29, 1.82) is 0 Å². The van der Waals surface area contributed by atoms with Crippen LogP contribution in [0.2, 0.25) is 5.02 Å². The molecule has 1 fully saturated rings. The Labute approximate surface area is 127 Å². The number of nitrogens with one attached hydrogen (secondary N) is 1. The lowest BCUT2D eigenvalue weighted by Gasteiger charge is -2.38. The smallest absolute Gasteiger partial charge is 0.265 e. The molecule has 2 rings (SSSR count). The predicted molar refractivity (Wildman–Crippen MR) is 81.2 cm³/mol. The first kappa shape index (κ1) is 14.8. The largest absolute Gasteiger partial charge is 0.284 e. The van der Waals surface area contributed by atoms with E-state index < -0.39 is 0 Å². The predicted octanol–water partition coefficient (Wildman–Crippen LogP) is 4.01. The summed E-state index contributed by atoms with van der Waals surface area (Å²) in [5.74, 6) is -0.102. The molecule has 0 aliphatic carbocycles. The summed E-state index contributed by atoms with van der Waals surface area (Å²) in [5.41, 5.74) is 3.58. The van der Waals surface area contributed by atoms with Gasteiger partial charge in [0, 0.05) is 22.1 Å². The van der Waals surface area contributed by atoms with Gasteiger partial charge in [-0.1, -0.05) is 18.0 Å². The lowest BCUT2D eigenvalue weighted by molar-refractivity contribution is 0.0370. The molecule has 0 bridgehead atoms. The molecular formula is C14H18BrClN2O. The molecule has 1 aromatic rings. The zero-order valence-electron chi connectivity index (χ0n) is 11.1. The maximum Gasteiger partial charge on any atom is 0.265 e. The van der Waals surface area contributed by atoms with E-state index in [4.69, 9.17) is 11.6 Å². The van der Waals surface area contributed by atoms with E-state index in [1.54, 1.807) is 18.2 Å². The van der Waals surface area contributed by atoms with Crippen LogP contribution in [0, 0.1) is 0 Å². The molecular weight excluding hydrogens is 328 g/mol. The second-order valence-corrected chi connectivity index (χ2v) is 6.37. The van der Waals surface area contributed by atoms with Crippen LogP contribution in [0.3, 0.4) is 0 Å². The van der Waals surface area contributed by atoms with Crippen LogP contribution in [-0.4, -0.2) is 23.0 Å². The van der Waals surface area contributed by atoms with Crippen molar-refractivity contribution in [2.24, 2.45) is 0 Å². The molecule has 0 saturated carbocycles. The highest BCUT2D eigenvalue weighted by Crippen LogP contribution is 2.24. The summed E-state index contributed by atoms with van der Waals surface area (Å²) in [5, 5.41) is 2.61. The van der Waals surface area contributed by atoms with Crippen LogP contribution >= 0.6 is 27.5 Å². The van der Waals surface area contributed by atoms with Gasteiger partial charge in [-0.05, 0) is 60.8 Å². The molecule has 0 aromatic heterocycles. The van der Waals surface area contributed by atoms with Gasteiger partial charge in [0.05, 0.1) is 5.02 Å². The number of hydrogen-bond donors (Lipinski definition) is 1. The Balaban J connectivity index is 2.09. The Morgan fingerprint density at radius 1 is 1.37 bits per heavy atom. The first-order valence-corrected chi connectivity index (χ1v) is 7.70. The van der Waals surface area contributed by atoms with E-state index in [2.05, 4.69) is 40.2 Å². The normalized spacial score (nSPS) is 24.2. The van der Waals surface area contributed by atoms with E-state index in [1.807, 2.05) is 0 Å². The average Bonchev–Trinajstić information content (AvgIpc) is 2.37. The van der Waals surface area contributed by atoms with Gasteiger partial charge in [-0.3, -0.25) is 10.2 Å². The highest BCUT2D eigenvalue weighted by Gasteiger charge is 2.26. The van der Waals surface area contributed by atoms with Crippen LogP contribution in [0.5, 0.6) is 0 Å². The number of rotatable bonds is 2. The first-order valence-electron chi connectivity index (χ1n) is 6.53. The number of carbonyl (C=O) groups excluding carboxylic acids is 1. The summed E-state index contributed by atoms with van der Waals surface area (Å²) in [4.78, 5) is 12.2. The summed E-state index contributed by atoms with van der Waals surface area (Å²) >= 11 is 9.34. The lowest BCUT2D eigenvalue weighted by atomic mass is 10.00. The molecule has 5 heteroatoms. The van der Waals surface area contributed by atoms with Crippen LogP contribution in [0.1, 0.15) is 43.5 Å². The molecule has 2 unspecified atom stereocenters. The quantitative estimate of drug-likeness (QED) is 0.878. The molecule has 1 aliphatic heterocycles. The van der Waals surface area contributed by atoms with Crippen LogP contribution in [-0.2, 0) is 0 Å². The molecule has 1 saturated heterocycles. The van der Waals surface area contributed by atoms with E-state index in [0.717, 1.165) is 17.3 Å². The molecule has 104 valence electrons. The Morgan fingerprint density at radius 2 is 2.00 bits per heavy atom. The standard InChI is InChI=1S/C14H18BrClN2O/c1-9-4-3-5-10(2)18(9)17-14(19)11-6-7-12(15)13(16)8-11/h6-10H,3-5H2,1-2H3,(H,17,19). The minimum atomic E-state index is -0.102. The van der Waals surface area contributed by atoms with Gasteiger partial charge in [0.1, 0.15) is 0 Å². The maximum atomic E-state index is 12.2. The number of nitrogens with zero attached hydrogens (tertiary/aromatic N) is 1. The van der Waals surface area contributed by atoms with Crippen LogP contribution < -0.4 is 5.43 Å². The van der Waals surface area contributed by atoms with Crippen molar-refractivity contribution in [2.75, 3.05) is 0 Å². The number of hydrazine groups is 1. The summed E-state index contributed by atoms with van der Waals surface area (Å²) in [7, 11) is 0. The van der Waals surface area contributed by atoms with Crippen molar-refractivity contribution >= 4 is 33.4 Å². The zero-order chi connectivity index (χ0) is 14.0. The van der Waals surface area contributed by atoms with Gasteiger partial charge in [0.25, 0.3) is 5.91 Å². The first-order chi connectivity index (χ1) is 8.99. The highest BCUT2D eigenvalue weighted by atomic mass is 79.9. The van der Waals surface area contributed by atoms with Gasteiger partial charge in [0.2, 0.25) is 0 Å². The minimum Gasteiger partial charge on any atom is -0.284 e. The molecule has 1 heterocycles. The Kier molecular flexibility index (Phi) is 4.87. The number of amides is 1. The average molecular weight is 346 g/mol. The second-order valence-electron chi connectivity index (χ2n) is 5.11. The topological polar surface area (TPSA) is 32.3 Å². The SMILES string of the molecule is CC1CCCC(C)N1NC(=O)c1ccc(Br)c(Cl)c1. The van der Waals surface area contributed by atoms with Crippen molar-refractivity contribution in [3.8, 4) is 0 Å². The molecule has 19 heavy (non-hydrogen) atoms. The van der Waals surface area contributed by atoms with Gasteiger partial charge < -0.3 is 0 Å². The maximum absolute atomic E-state index is 12.2. The van der Waals surface area contributed by atoms with Gasteiger partial charge in [0.15, 0.2) is 0 Å². The van der Waals surface area contributed by atoms with E-state index in [1.165, 1.54) is 6.42 Å². The van der Waals surface area contributed by atoms with Crippen LogP contribution in [0.4, 0.5) is 0 Å². The van der Waals surface area contributed by atoms with Crippen molar-refractivity contribution in [1.82, 2.24) is 10.4 Å². The summed E-state index contributed by atoms with van der Waals surface area (Å²) < 4.78 is 0.797. The molecule has 1 aromatic carbocycles. The van der Waals surface area contributed by atoms with Gasteiger partial charge in [-0.2, -0.15) is 0 Å². The van der Waals surface area contributed by atoms with Crippen molar-refractivity contribution in [2.45, 2.75) is 45.2 Å². The monoisotopic (exact) mass is 344 g/mol. The summed E-state index contributed by atoms with van der Waals surface area (Å²) in [6.07, 6.45) is 3.45. The summed E-state index contributed by atoms with van der Waals surface area (Å²) in [6, 6.07) is 5.99. The number of carbonyl (C=O) groups is 1. The molecule has 1 aliphatic rings. The Morgan fingerprint density at radius 3 is 2.58 bits per heavy atom. The molecule has 0 spiro atoms. The Bertz CT molecular complexity index is 471. The highest BCUT2D eigenvalue weighted by molar-refractivity contribution is 9.10. The van der Waals surface area contributed by atoms with E-state index in [-0.39, 0.29) is 5.91 Å². The third kappa shape index (κ3) is 3.50. The summed E-state index contributed by atoms with van der Waals surface area (Å²) in [6.45, 7) is 4.29. The number of benzene rings is 1. The second kappa shape index (κ2) is 6.25. The molecule has 1 amide bonds. The van der Waals surface area contributed by atoms with Crippen molar-refractivity contribution in [3.05, 3.63) is 33.3 Å². The van der Waals surface area contributed by atoms with E-state index in [0.29, 0.717) is 22.7 Å². The van der Waals surface area contributed by atoms with Crippen molar-refractivity contribution in [3.63, 3.8) is 0 Å². The minimum absolute atomic E-state index is 0.102. The molecule has 2 atom stereocenters. The van der Waals surface area contributed by atoms with E-state index >= 15 is 0 Å². The fraction of sp³-hybridized carbons (Fsp3) is 0.500. The number of halogens is 2. The fourth-order valence-corrected chi connectivity index (χ4v) is 2.89. The van der Waals surface area contributed by atoms with Gasteiger partial charge >= 0.3 is 0 Å². The molecule has 1 N–H and O–H groups in total. The lowest BCUT2D eigenvalue weighted by Crippen LogP contribution is -2.54. The van der Waals surface area contributed by atoms with E-state index in [9.17, 15) is 4.79 Å². The third-order valence-electron chi connectivity index (χ3n) is 3.61. The van der Waals surface area contributed by atoms with Crippen molar-refractivity contribution < 1.29 is 4.79 Å². The van der Waals surface area contributed by atoms with Crippen LogP contribution in [0.15, 0.2) is 22.7 Å². The van der Waals surface area contributed by atoms with Crippen LogP contribution in [0.25, 0.3) is 0 Å². The fourth-order valence-electron chi connectivity index (χ4n) is 2.46.